The minimum absolute atomic E-state index is 1.26. The lowest BCUT2D eigenvalue weighted by Gasteiger charge is -1.42. The van der Waals surface area contributed by atoms with Crippen LogP contribution in [0.15, 0.2) is 5.54 Å². The van der Waals surface area contributed by atoms with E-state index in [1.807, 2.05) is 0 Å². The third kappa shape index (κ3) is 2.51. The van der Waals surface area contributed by atoms with Gasteiger partial charge in [-0.3, -0.25) is 0 Å². The molecule has 0 aromatic rings. The summed E-state index contributed by atoms with van der Waals surface area (Å²) in [6, 6.07) is 0. The Morgan fingerprint density at radius 1 is 2.00 bits per heavy atom. The topological polar surface area (TPSA) is 0 Å². The zero-order valence-corrected chi connectivity index (χ0v) is 4.18. The van der Waals surface area contributed by atoms with Gasteiger partial charge in [0.15, 0.2) is 0 Å². The first-order valence-corrected chi connectivity index (χ1v) is 1.93. The number of hydrogen-bond donors (Lipinski definition) is 0. The third-order valence-corrected chi connectivity index (χ3v) is 0.643. The Hall–Kier alpha value is 0.510. The maximum absolute atomic E-state index is 4.90. The molecular formula is C2HBrCl. The Bertz CT molecular complexity index is 21.2. The summed E-state index contributed by atoms with van der Waals surface area (Å²) < 4.78 is 0. The summed E-state index contributed by atoms with van der Waals surface area (Å²) in [6.45, 7) is 0. The highest BCUT2D eigenvalue weighted by atomic mass is 79.9. The molecule has 0 aromatic carbocycles. The maximum atomic E-state index is 4.90. The Morgan fingerprint density at radius 3 is 2.25 bits per heavy atom. The molecule has 0 unspecified atom stereocenters. The molecule has 0 fully saturated rings. The van der Waals surface area contributed by atoms with Gasteiger partial charge < -0.3 is 0 Å². The summed E-state index contributed by atoms with van der Waals surface area (Å²) in [4.78, 5) is 2.38. The zero-order chi connectivity index (χ0) is 3.41. The second-order valence-corrected chi connectivity index (χ2v) is 0.894. The summed E-state index contributed by atoms with van der Waals surface area (Å²) in [6.07, 6.45) is 0. The molecular weight excluding hydrogens is 139 g/mol. The third-order valence-electron chi connectivity index (χ3n) is 0.0412. The first-order chi connectivity index (χ1) is 1.91. The van der Waals surface area contributed by atoms with Crippen LogP contribution in [0.2, 0.25) is 0 Å². The predicted molar refractivity (Wildman–Crippen MR) is 22.6 cm³/mol. The fourth-order valence-corrected chi connectivity index (χ4v) is 0. The minimum atomic E-state index is 1.26. The van der Waals surface area contributed by atoms with Crippen molar-refractivity contribution < 1.29 is 0 Å². The van der Waals surface area contributed by atoms with Crippen LogP contribution in [0.25, 0.3) is 0 Å². The Kier molecular flexibility index (Phi) is 3.96. The van der Waals surface area contributed by atoms with E-state index in [1.165, 1.54) is 5.54 Å². The van der Waals surface area contributed by atoms with Crippen LogP contribution < -0.4 is 0 Å². The molecule has 0 rings (SSSR count). The molecule has 0 amide bonds. The van der Waals surface area contributed by atoms with Gasteiger partial charge in [-0.15, -0.1) is 0 Å². The summed E-state index contributed by atoms with van der Waals surface area (Å²) in [5.74, 6) is 0. The molecule has 0 saturated carbocycles. The van der Waals surface area contributed by atoms with E-state index in [0.717, 1.165) is 0 Å². The van der Waals surface area contributed by atoms with Crippen LogP contribution in [0.4, 0.5) is 0 Å². The van der Waals surface area contributed by atoms with Crippen molar-refractivity contribution in [2.45, 2.75) is 0 Å². The zero-order valence-electron chi connectivity index (χ0n) is 1.83. The SMILES string of the molecule is Cl/C=[C]\Br. The Balaban J connectivity index is 2.55. The van der Waals surface area contributed by atoms with E-state index in [4.69, 9.17) is 11.6 Å². The lowest BCUT2D eigenvalue weighted by atomic mass is 11.3. The van der Waals surface area contributed by atoms with Crippen molar-refractivity contribution in [1.29, 1.82) is 0 Å². The van der Waals surface area contributed by atoms with Crippen molar-refractivity contribution in [2.24, 2.45) is 0 Å². The molecule has 4 heavy (non-hydrogen) atoms. The molecule has 1 radical (unpaired) electrons. The van der Waals surface area contributed by atoms with E-state index in [0.29, 0.717) is 0 Å². The molecule has 0 saturated heterocycles. The molecule has 0 bridgehead atoms. The molecule has 0 aromatic heterocycles. The maximum Gasteiger partial charge on any atom is 0.0439 e. The van der Waals surface area contributed by atoms with Crippen LogP contribution in [-0.2, 0) is 0 Å². The molecule has 0 atom stereocenters. The average Bonchev–Trinajstić information content (AvgIpc) is 1.37. The lowest BCUT2D eigenvalue weighted by Crippen LogP contribution is -1.12. The largest absolute Gasteiger partial charge is 0.0917 e. The van der Waals surface area contributed by atoms with E-state index < -0.39 is 0 Å². The van der Waals surface area contributed by atoms with Gasteiger partial charge in [-0.05, 0) is 15.9 Å². The van der Waals surface area contributed by atoms with Crippen LogP contribution in [0, 0.1) is 4.99 Å². The monoisotopic (exact) mass is 139 g/mol. The van der Waals surface area contributed by atoms with Crippen LogP contribution >= 0.6 is 27.5 Å². The van der Waals surface area contributed by atoms with Gasteiger partial charge in [0.2, 0.25) is 0 Å². The highest BCUT2D eigenvalue weighted by Gasteiger charge is 1.41. The van der Waals surface area contributed by atoms with Gasteiger partial charge in [0, 0.05) is 10.5 Å². The Morgan fingerprint density at radius 2 is 2.25 bits per heavy atom. The van der Waals surface area contributed by atoms with Gasteiger partial charge in [-0.25, -0.2) is 0 Å². The lowest BCUT2D eigenvalue weighted by molar-refractivity contribution is 2.44. The smallest absolute Gasteiger partial charge is 0.0439 e. The van der Waals surface area contributed by atoms with Gasteiger partial charge in [-0.2, -0.15) is 0 Å². The van der Waals surface area contributed by atoms with Gasteiger partial charge in [0.1, 0.15) is 0 Å². The van der Waals surface area contributed by atoms with Crippen LogP contribution in [-0.4, -0.2) is 0 Å². The van der Waals surface area contributed by atoms with Gasteiger partial charge in [0.25, 0.3) is 0 Å². The second-order valence-electron chi connectivity index (χ2n) is 0.218. The van der Waals surface area contributed by atoms with Crippen molar-refractivity contribution in [1.82, 2.24) is 0 Å². The molecule has 0 heterocycles. The number of rotatable bonds is 0. The van der Waals surface area contributed by atoms with Gasteiger partial charge in [-0.1, -0.05) is 11.6 Å². The van der Waals surface area contributed by atoms with Crippen molar-refractivity contribution in [3.05, 3.63) is 10.5 Å². The number of hydrogen-bond acceptors (Lipinski definition) is 0. The molecule has 0 aliphatic rings. The van der Waals surface area contributed by atoms with Crippen molar-refractivity contribution in [3.8, 4) is 0 Å². The van der Waals surface area contributed by atoms with E-state index >= 15 is 0 Å². The summed E-state index contributed by atoms with van der Waals surface area (Å²) in [7, 11) is 0. The van der Waals surface area contributed by atoms with Crippen LogP contribution in [0.1, 0.15) is 0 Å². The van der Waals surface area contributed by atoms with Gasteiger partial charge >= 0.3 is 0 Å². The molecule has 0 spiro atoms. The molecule has 0 N–H and O–H groups in total. The van der Waals surface area contributed by atoms with E-state index in [2.05, 4.69) is 20.9 Å². The van der Waals surface area contributed by atoms with Crippen molar-refractivity contribution in [3.63, 3.8) is 0 Å². The highest BCUT2D eigenvalue weighted by molar-refractivity contribution is 9.10. The first kappa shape index (κ1) is 4.51. The fourth-order valence-electron chi connectivity index (χ4n) is 0. The van der Waals surface area contributed by atoms with Crippen molar-refractivity contribution >= 4 is 27.5 Å². The van der Waals surface area contributed by atoms with Crippen LogP contribution in [0.3, 0.4) is 0 Å². The minimum Gasteiger partial charge on any atom is -0.0917 e. The van der Waals surface area contributed by atoms with Gasteiger partial charge in [0.05, 0.1) is 0 Å². The molecule has 23 valence electrons. The van der Waals surface area contributed by atoms with E-state index in [-0.39, 0.29) is 0 Å². The van der Waals surface area contributed by atoms with E-state index in [1.54, 1.807) is 0 Å². The quantitative estimate of drug-likeness (QED) is 0.482. The standard InChI is InChI=1S/C2HBrCl/c3-1-2-4/h2H. The molecule has 0 nitrogen and oxygen atoms in total. The Labute approximate surface area is 38.6 Å². The fraction of sp³-hybridized carbons (Fsp3) is 0. The molecule has 0 aliphatic carbocycles. The summed E-state index contributed by atoms with van der Waals surface area (Å²) in [5, 5.41) is 0. The second kappa shape index (κ2) is 3.51. The number of halogens is 2. The first-order valence-electron chi connectivity index (χ1n) is 0.696. The molecule has 0 aliphatic heterocycles. The van der Waals surface area contributed by atoms with Crippen molar-refractivity contribution in [2.75, 3.05) is 0 Å². The average molecular weight is 140 g/mol. The summed E-state index contributed by atoms with van der Waals surface area (Å²) in [5.41, 5.74) is 1.26. The normalized spacial score (nSPS) is 9.50. The summed E-state index contributed by atoms with van der Waals surface area (Å²) >= 11 is 7.71. The van der Waals surface area contributed by atoms with Crippen LogP contribution in [0.5, 0.6) is 0 Å². The van der Waals surface area contributed by atoms with E-state index in [9.17, 15) is 0 Å². The molecule has 2 heteroatoms. The predicted octanol–water partition coefficient (Wildman–Crippen LogP) is 1.89. The highest BCUT2D eigenvalue weighted by Crippen LogP contribution is 1.80.